The first kappa shape index (κ1) is 9.54. The van der Waals surface area contributed by atoms with Crippen LogP contribution in [-0.2, 0) is 11.2 Å². The van der Waals surface area contributed by atoms with Gasteiger partial charge in [-0.05, 0) is 24.1 Å². The Balaban J connectivity index is 2.64. The first-order chi connectivity index (χ1) is 6.09. The molecule has 1 rings (SSSR count). The third kappa shape index (κ3) is 2.76. The van der Waals surface area contributed by atoms with Crippen molar-refractivity contribution in [3.8, 4) is 5.75 Å². The van der Waals surface area contributed by atoms with Crippen molar-refractivity contribution in [3.63, 3.8) is 0 Å². The smallest absolute Gasteiger partial charge is 0.320 e. The molecule has 1 aromatic rings. The highest BCUT2D eigenvalue weighted by Gasteiger charge is 2.11. The van der Waals surface area contributed by atoms with Crippen LogP contribution in [0.25, 0.3) is 0 Å². The van der Waals surface area contributed by atoms with E-state index in [9.17, 15) is 4.79 Å². The number of nitrogens with two attached hydrogens (primary N) is 1. The van der Waals surface area contributed by atoms with Crippen LogP contribution in [0.2, 0.25) is 0 Å². The molecule has 0 aromatic heterocycles. The number of hydrogen-bond donors (Lipinski definition) is 3. The number of phenols is 1. The van der Waals surface area contributed by atoms with Crippen molar-refractivity contribution in [2.45, 2.75) is 12.5 Å². The van der Waals surface area contributed by atoms with E-state index < -0.39 is 12.0 Å². The molecule has 70 valence electrons. The van der Waals surface area contributed by atoms with E-state index in [-0.39, 0.29) is 12.2 Å². The summed E-state index contributed by atoms with van der Waals surface area (Å²) in [6.07, 6.45) is 0.273. The molecular weight excluding hydrogens is 172 g/mol. The standard InChI is InChI=1S/C9H11NO3/c10-8(9(12)13)5-6-1-3-7(11)4-2-6/h1-4,8,11H,5,10H2,(H,12,13)/t8-/m0/s1/i7+2. The molecular formula is C9H11NO3. The van der Waals surface area contributed by atoms with Gasteiger partial charge in [-0.3, -0.25) is 4.79 Å². The van der Waals surface area contributed by atoms with Crippen molar-refractivity contribution >= 4 is 5.97 Å². The second-order valence-corrected chi connectivity index (χ2v) is 2.82. The van der Waals surface area contributed by atoms with E-state index in [1.54, 1.807) is 12.1 Å². The third-order valence-electron chi connectivity index (χ3n) is 1.71. The summed E-state index contributed by atoms with van der Waals surface area (Å²) >= 11 is 0. The highest BCUT2D eigenvalue weighted by molar-refractivity contribution is 5.73. The highest BCUT2D eigenvalue weighted by Crippen LogP contribution is 2.10. The van der Waals surface area contributed by atoms with Crippen LogP contribution in [0.1, 0.15) is 5.56 Å². The number of carboxylic acid groups (broad SMARTS) is 1. The van der Waals surface area contributed by atoms with Crippen LogP contribution in [0.5, 0.6) is 5.75 Å². The molecule has 0 saturated carbocycles. The highest BCUT2D eigenvalue weighted by atomic mass is 16.5. The molecule has 0 saturated heterocycles. The van der Waals surface area contributed by atoms with E-state index >= 15 is 0 Å². The molecule has 0 unspecified atom stereocenters. The van der Waals surface area contributed by atoms with Crippen LogP contribution >= 0.6 is 0 Å². The van der Waals surface area contributed by atoms with Gasteiger partial charge in [0.2, 0.25) is 0 Å². The second kappa shape index (κ2) is 3.91. The van der Waals surface area contributed by atoms with Crippen LogP contribution in [0.3, 0.4) is 0 Å². The molecule has 13 heavy (non-hydrogen) atoms. The van der Waals surface area contributed by atoms with Crippen LogP contribution in [-0.4, -0.2) is 22.2 Å². The molecule has 0 amide bonds. The fraction of sp³-hybridized carbons (Fsp3) is 0.222. The minimum Gasteiger partial charge on any atom is -0.508 e. The molecule has 4 nitrogen and oxygen atoms in total. The van der Waals surface area contributed by atoms with Crippen LogP contribution in [0.4, 0.5) is 0 Å². The van der Waals surface area contributed by atoms with Gasteiger partial charge in [-0.1, -0.05) is 12.1 Å². The molecule has 0 aliphatic heterocycles. The topological polar surface area (TPSA) is 83.5 Å². The molecule has 0 fully saturated rings. The minimum atomic E-state index is -1.02. The predicted octanol–water partition coefficient (Wildman–Crippen LogP) is 0.347. The number of benzene rings is 1. The van der Waals surface area contributed by atoms with E-state index in [1.807, 2.05) is 0 Å². The summed E-state index contributed by atoms with van der Waals surface area (Å²) in [5.41, 5.74) is 6.12. The Morgan fingerprint density at radius 1 is 1.54 bits per heavy atom. The third-order valence-corrected chi connectivity index (χ3v) is 1.71. The van der Waals surface area contributed by atoms with Gasteiger partial charge < -0.3 is 15.9 Å². The van der Waals surface area contributed by atoms with Crippen molar-refractivity contribution < 1.29 is 15.0 Å². The molecule has 0 spiro atoms. The number of rotatable bonds is 3. The molecule has 4 N–H and O–H groups in total. The van der Waals surface area contributed by atoms with Gasteiger partial charge in [-0.15, -0.1) is 0 Å². The zero-order valence-electron chi connectivity index (χ0n) is 6.97. The Morgan fingerprint density at radius 3 is 2.54 bits per heavy atom. The summed E-state index contributed by atoms with van der Waals surface area (Å²) in [4.78, 5) is 10.4. The van der Waals surface area contributed by atoms with E-state index in [2.05, 4.69) is 0 Å². The lowest BCUT2D eigenvalue weighted by atomic mass is 10.1. The second-order valence-electron chi connectivity index (χ2n) is 2.82. The Labute approximate surface area is 75.6 Å². The predicted molar refractivity (Wildman–Crippen MR) is 47.4 cm³/mol. The SMILES string of the molecule is N[C@@H](Cc1cc[14c](O)cc1)C(=O)O. The summed E-state index contributed by atoms with van der Waals surface area (Å²) in [6, 6.07) is 5.42. The zero-order valence-corrected chi connectivity index (χ0v) is 6.97. The maximum atomic E-state index is 10.4. The molecule has 1 aromatic carbocycles. The number of phenolic OH excluding ortho intramolecular Hbond substituents is 1. The van der Waals surface area contributed by atoms with Crippen molar-refractivity contribution in [1.82, 2.24) is 0 Å². The quantitative estimate of drug-likeness (QED) is 0.631. The monoisotopic (exact) mass is 183 g/mol. The number of carboxylic acids is 1. The number of carbonyl (C=O) groups is 1. The van der Waals surface area contributed by atoms with E-state index in [0.29, 0.717) is 0 Å². The minimum absolute atomic E-state index is 0.160. The maximum Gasteiger partial charge on any atom is 0.320 e. The number of aromatic hydroxyl groups is 1. The lowest BCUT2D eigenvalue weighted by molar-refractivity contribution is -0.138. The molecule has 0 heterocycles. The first-order valence-electron chi connectivity index (χ1n) is 3.86. The fourth-order valence-electron chi connectivity index (χ4n) is 0.973. The van der Waals surface area contributed by atoms with E-state index in [0.717, 1.165) is 5.56 Å². The van der Waals surface area contributed by atoms with Crippen molar-refractivity contribution in [2.24, 2.45) is 5.73 Å². The van der Waals surface area contributed by atoms with Gasteiger partial charge in [0, 0.05) is 0 Å². The van der Waals surface area contributed by atoms with Gasteiger partial charge in [0.05, 0.1) is 0 Å². The largest absolute Gasteiger partial charge is 0.508 e. The van der Waals surface area contributed by atoms with Crippen molar-refractivity contribution in [3.05, 3.63) is 29.8 Å². The van der Waals surface area contributed by atoms with Gasteiger partial charge >= 0.3 is 5.97 Å². The Morgan fingerprint density at radius 2 is 2.08 bits per heavy atom. The normalized spacial score (nSPS) is 12.4. The van der Waals surface area contributed by atoms with Crippen LogP contribution in [0, 0.1) is 0 Å². The van der Waals surface area contributed by atoms with E-state index in [4.69, 9.17) is 15.9 Å². The lowest BCUT2D eigenvalue weighted by Gasteiger charge is -2.05. The Hall–Kier alpha value is -1.55. The molecule has 0 aliphatic rings. The average molecular weight is 183 g/mol. The Kier molecular flexibility index (Phi) is 2.87. The Bertz CT molecular complexity index is 294. The van der Waals surface area contributed by atoms with Gasteiger partial charge in [-0.25, -0.2) is 0 Å². The summed E-state index contributed by atoms with van der Waals surface area (Å²) in [5, 5.41) is 17.5. The van der Waals surface area contributed by atoms with Crippen LogP contribution < -0.4 is 5.73 Å². The fourth-order valence-corrected chi connectivity index (χ4v) is 0.973. The van der Waals surface area contributed by atoms with E-state index in [1.165, 1.54) is 12.1 Å². The lowest BCUT2D eigenvalue weighted by Crippen LogP contribution is -2.32. The molecule has 0 bridgehead atoms. The van der Waals surface area contributed by atoms with Crippen LogP contribution in [0.15, 0.2) is 24.3 Å². The number of hydrogen-bond acceptors (Lipinski definition) is 3. The summed E-state index contributed by atoms with van der Waals surface area (Å²) in [7, 11) is 0. The molecule has 1 atom stereocenters. The van der Waals surface area contributed by atoms with Gasteiger partial charge in [0.1, 0.15) is 11.8 Å². The summed E-state index contributed by atoms with van der Waals surface area (Å²) in [5.74, 6) is -0.860. The van der Waals surface area contributed by atoms with Crippen molar-refractivity contribution in [1.29, 1.82) is 0 Å². The van der Waals surface area contributed by atoms with Gasteiger partial charge in [-0.2, -0.15) is 0 Å². The first-order valence-corrected chi connectivity index (χ1v) is 3.86. The number of aliphatic carboxylic acids is 1. The zero-order chi connectivity index (χ0) is 9.84. The van der Waals surface area contributed by atoms with Crippen molar-refractivity contribution in [2.75, 3.05) is 0 Å². The molecule has 4 heteroatoms. The summed E-state index contributed by atoms with van der Waals surface area (Å²) in [6.45, 7) is 0. The maximum absolute atomic E-state index is 10.4. The van der Waals surface area contributed by atoms with Gasteiger partial charge in [0.25, 0.3) is 0 Å². The van der Waals surface area contributed by atoms with Gasteiger partial charge in [0.15, 0.2) is 0 Å². The molecule has 0 radical (unpaired) electrons. The summed E-state index contributed by atoms with van der Waals surface area (Å²) < 4.78 is 0. The average Bonchev–Trinajstić information content (AvgIpc) is 2.08. The molecule has 0 aliphatic carbocycles.